The van der Waals surface area contributed by atoms with Gasteiger partial charge in [-0.05, 0) is 39.1 Å². The Kier molecular flexibility index (Phi) is 42.7. The summed E-state index contributed by atoms with van der Waals surface area (Å²) >= 11 is 0. The molecule has 0 spiro atoms. The average Bonchev–Trinajstić information content (AvgIpc) is 3.98. The topological polar surface area (TPSA) is 196 Å². The molecule has 51 heavy (non-hydrogen) atoms. The van der Waals surface area contributed by atoms with Gasteiger partial charge in [-0.25, -0.2) is 14.4 Å². The fraction of sp³-hybridized carbons (Fsp3) is 0.500. The molecule has 1 aromatic carbocycles. The van der Waals surface area contributed by atoms with E-state index in [9.17, 15) is 29.1 Å². The van der Waals surface area contributed by atoms with Crippen LogP contribution in [0.2, 0.25) is 0 Å². The van der Waals surface area contributed by atoms with Crippen LogP contribution in [0.1, 0.15) is 72.6 Å². The van der Waals surface area contributed by atoms with E-state index in [1.807, 2.05) is 37.3 Å². The summed E-state index contributed by atoms with van der Waals surface area (Å²) in [7, 11) is 1.00. The van der Waals surface area contributed by atoms with Gasteiger partial charge < -0.3 is 38.6 Å². The fourth-order valence-electron chi connectivity index (χ4n) is 2.84. The third-order valence-electron chi connectivity index (χ3n) is 5.66. The van der Waals surface area contributed by atoms with E-state index in [0.717, 1.165) is 19.2 Å². The number of rotatable bonds is 6. The third-order valence-corrected chi connectivity index (χ3v) is 5.66. The molecule has 0 aliphatic carbocycles. The maximum atomic E-state index is 10.7. The van der Waals surface area contributed by atoms with Gasteiger partial charge in [-0.1, -0.05) is 51.5 Å². The summed E-state index contributed by atoms with van der Waals surface area (Å²) < 4.78 is 27.2. The number of nitrogens with zero attached hydrogens (tertiary/aromatic N) is 1. The van der Waals surface area contributed by atoms with Crippen molar-refractivity contribution in [3.05, 3.63) is 66.2 Å². The van der Waals surface area contributed by atoms with Crippen LogP contribution in [0.15, 0.2) is 71.1 Å². The molecule has 0 bridgehead atoms. The van der Waals surface area contributed by atoms with Crippen molar-refractivity contribution in [1.29, 1.82) is 0 Å². The van der Waals surface area contributed by atoms with Gasteiger partial charge in [0.05, 0.1) is 57.2 Å². The summed E-state index contributed by atoms with van der Waals surface area (Å²) in [6, 6.07) is 9.64. The van der Waals surface area contributed by atoms with Crippen molar-refractivity contribution in [3.63, 3.8) is 0 Å². The Hall–Kier alpha value is -3.98. The van der Waals surface area contributed by atoms with Crippen LogP contribution in [0, 0.1) is 0 Å². The van der Waals surface area contributed by atoms with Crippen molar-refractivity contribution in [2.24, 2.45) is 4.99 Å². The van der Waals surface area contributed by atoms with Crippen molar-refractivity contribution in [2.75, 3.05) is 46.8 Å². The first kappa shape index (κ1) is 53.8. The van der Waals surface area contributed by atoms with E-state index >= 15 is 0 Å². The number of hydrogen-bond donors (Lipinski definition) is 1. The Morgan fingerprint density at radius 2 is 1.27 bits per heavy atom. The predicted octanol–water partition coefficient (Wildman–Crippen LogP) is 1.46. The number of ether oxygens (including phenoxy) is 6. The number of aliphatic hydroxyl groups excluding tert-OH is 1. The van der Waals surface area contributed by atoms with Gasteiger partial charge >= 0.3 is 53.4 Å². The quantitative estimate of drug-likeness (QED) is 0.0841. The number of hydrogen-bond acceptors (Lipinski definition) is 14. The standard InChI is InChI=1S/C7H7N.C7H10O3.C5H6O3.C5H6O2.C4H6O2.C4H10.C3H6O2.CH4O.Na/c1-8-7-5-3-2-4-6-7;1-2-9-5-6-3-4-10-7(6)8;6-3-4-1-2-8-5(4)7;1-4-2-3-7-5(4)6;5-4-2-1-3-6-4;1-3-4-2;1-2-5-3-4;1-2;/h2-6H,1H2;5H,2-4H2,1H3;3,6H,1-2H2;1-3H2;1-3H2;3-4H2,1-2H3;3H,2H2,1H3;2H,1H3;/q;;;;;;;;+1/p-1/b;6-5+;4-3-;;;;;;. The number of carbonyl (C=O) groups is 5. The van der Waals surface area contributed by atoms with Crippen LogP contribution in [-0.2, 0) is 52.4 Å². The first-order valence-corrected chi connectivity index (χ1v) is 16.1. The molecule has 0 unspecified atom stereocenters. The molecule has 0 radical (unpaired) electrons. The predicted molar refractivity (Wildman–Crippen MR) is 186 cm³/mol. The molecule has 1 N–H and O–H groups in total. The van der Waals surface area contributed by atoms with Gasteiger partial charge in [-0.15, -0.1) is 6.26 Å². The van der Waals surface area contributed by atoms with Crippen LogP contribution in [0.25, 0.3) is 0 Å². The average molecular weight is 732 g/mol. The second-order valence-corrected chi connectivity index (χ2v) is 9.37. The summed E-state index contributed by atoms with van der Waals surface area (Å²) in [6.07, 6.45) is 8.07. The second kappa shape index (κ2) is 40.4. The van der Waals surface area contributed by atoms with Crippen molar-refractivity contribution in [3.8, 4) is 0 Å². The molecule has 0 aromatic heterocycles. The molecule has 5 rings (SSSR count). The molecule has 0 saturated carbocycles. The van der Waals surface area contributed by atoms with Crippen LogP contribution < -0.4 is 34.7 Å². The molecule has 14 nitrogen and oxygen atoms in total. The van der Waals surface area contributed by atoms with E-state index in [0.29, 0.717) is 89.2 Å². The monoisotopic (exact) mass is 731 g/mol. The largest absolute Gasteiger partial charge is 1.00 e. The zero-order valence-electron chi connectivity index (χ0n) is 31.0. The number of cyclic esters (lactones) is 4. The molecule has 282 valence electrons. The van der Waals surface area contributed by atoms with Gasteiger partial charge in [0.1, 0.15) is 0 Å². The number of esters is 4. The van der Waals surface area contributed by atoms with Gasteiger partial charge in [0.25, 0.3) is 6.47 Å². The number of benzene rings is 1. The van der Waals surface area contributed by atoms with E-state index in [-0.39, 0.29) is 53.0 Å². The van der Waals surface area contributed by atoms with E-state index < -0.39 is 5.97 Å². The first-order valence-electron chi connectivity index (χ1n) is 16.1. The molecule has 4 heterocycles. The molecule has 4 saturated heterocycles. The van der Waals surface area contributed by atoms with Crippen LogP contribution in [0.3, 0.4) is 0 Å². The van der Waals surface area contributed by atoms with Crippen molar-refractivity contribution in [1.82, 2.24) is 0 Å². The van der Waals surface area contributed by atoms with Crippen molar-refractivity contribution < 1.29 is 92.2 Å². The maximum Gasteiger partial charge on any atom is 1.00 e. The van der Waals surface area contributed by atoms with Crippen molar-refractivity contribution >= 4 is 42.8 Å². The molecule has 1 aromatic rings. The summed E-state index contributed by atoms with van der Waals surface area (Å²) in [6.45, 7) is 18.4. The summed E-state index contributed by atoms with van der Waals surface area (Å²) in [4.78, 5) is 54.2. The zero-order chi connectivity index (χ0) is 38.4. The number of aliphatic imine (C=N–C) groups is 1. The molecule has 4 aliphatic rings. The molecular formula is C36H54NNaO13. The summed E-state index contributed by atoms with van der Waals surface area (Å²) in [5.74, 6) is -0.983. The van der Waals surface area contributed by atoms with E-state index in [1.165, 1.54) is 19.1 Å². The normalized spacial score (nSPS) is 15.8. The molecule has 0 amide bonds. The van der Waals surface area contributed by atoms with Gasteiger partial charge in [0, 0.05) is 43.9 Å². The molecular weight excluding hydrogens is 677 g/mol. The van der Waals surface area contributed by atoms with E-state index in [1.54, 1.807) is 6.92 Å². The van der Waals surface area contributed by atoms with E-state index in [2.05, 4.69) is 55.8 Å². The molecule has 15 heteroatoms. The minimum atomic E-state index is -0.458. The summed E-state index contributed by atoms with van der Waals surface area (Å²) in [5.41, 5.74) is 2.42. The van der Waals surface area contributed by atoms with Crippen LogP contribution in [-0.4, -0.2) is 88.9 Å². The minimum absolute atomic E-state index is 0. The molecule has 4 aliphatic heterocycles. The Labute approximate surface area is 324 Å². The van der Waals surface area contributed by atoms with Crippen LogP contribution in [0.5, 0.6) is 0 Å². The third kappa shape index (κ3) is 33.0. The van der Waals surface area contributed by atoms with Crippen LogP contribution in [0.4, 0.5) is 5.69 Å². The number of carbonyl (C=O) groups excluding carboxylic acids is 5. The molecule has 0 atom stereocenters. The minimum Gasteiger partial charge on any atom is -0.878 e. The Morgan fingerprint density at radius 3 is 1.49 bits per heavy atom. The second-order valence-electron chi connectivity index (χ2n) is 9.37. The SMILES string of the molecule is C=C1CCOC1=O.C=Nc1ccccc1.CCCC.CCO/C=C1\CCOC1=O.CCOC=O.CO.O=C1CCCO1.O=C1OCC/C1=C/[O-].[Na+]. The maximum absolute atomic E-state index is 10.7. The number of para-hydroxylation sites is 1. The molecule has 4 fully saturated rings. The zero-order valence-corrected chi connectivity index (χ0v) is 33.0. The van der Waals surface area contributed by atoms with Gasteiger partial charge in [0.15, 0.2) is 0 Å². The number of aliphatic hydroxyl groups is 1. The Balaban J connectivity index is -0.000000254. The van der Waals surface area contributed by atoms with Gasteiger partial charge in [-0.3, -0.25) is 14.6 Å². The Bertz CT molecular complexity index is 1130. The van der Waals surface area contributed by atoms with Crippen LogP contribution >= 0.6 is 0 Å². The first-order chi connectivity index (χ1) is 24.1. The van der Waals surface area contributed by atoms with E-state index in [4.69, 9.17) is 9.84 Å². The smallest absolute Gasteiger partial charge is 0.878 e. The summed E-state index contributed by atoms with van der Waals surface area (Å²) in [5, 5.41) is 16.9. The van der Waals surface area contributed by atoms with Gasteiger partial charge in [0.2, 0.25) is 0 Å². The fourth-order valence-corrected chi connectivity index (χ4v) is 2.84. The Morgan fingerprint density at radius 1 is 0.765 bits per heavy atom. The van der Waals surface area contributed by atoms with Crippen molar-refractivity contribution in [2.45, 2.75) is 72.6 Å². The van der Waals surface area contributed by atoms with Gasteiger partial charge in [-0.2, -0.15) is 0 Å². The number of unbranched alkanes of at least 4 members (excludes halogenated alkanes) is 1.